The van der Waals surface area contributed by atoms with Crippen molar-refractivity contribution in [2.24, 2.45) is 0 Å². The molecule has 35 heavy (non-hydrogen) atoms. The lowest BCUT2D eigenvalue weighted by Crippen LogP contribution is -2.50. The number of ether oxygens (including phenoxy) is 1. The molecule has 3 aromatic rings. The number of ketones is 1. The number of nitrogens with zero attached hydrogens (tertiary/aromatic N) is 3. The molecule has 1 aromatic carbocycles. The van der Waals surface area contributed by atoms with Crippen LogP contribution in [0.4, 0.5) is 18.2 Å². The van der Waals surface area contributed by atoms with Crippen molar-refractivity contribution in [2.45, 2.75) is 25.8 Å². The van der Waals surface area contributed by atoms with Crippen LogP contribution in [0.5, 0.6) is 0 Å². The first-order chi connectivity index (χ1) is 16.6. The SMILES string of the molecule is CC(C)(NC(=O)c1ncc(F)cc1F)C(=O)Cc1nc(-c2ccc(F)cc2)c(N2CCOCC2)s1. The maximum Gasteiger partial charge on any atom is 0.273 e. The summed E-state index contributed by atoms with van der Waals surface area (Å²) in [6, 6.07) is 6.52. The van der Waals surface area contributed by atoms with E-state index in [0.29, 0.717) is 48.6 Å². The van der Waals surface area contributed by atoms with Crippen molar-refractivity contribution in [3.05, 3.63) is 64.7 Å². The fraction of sp³-hybridized carbons (Fsp3) is 0.333. The van der Waals surface area contributed by atoms with Gasteiger partial charge in [-0.15, -0.1) is 11.3 Å². The number of hydrogen-bond donors (Lipinski definition) is 1. The molecule has 7 nitrogen and oxygen atoms in total. The van der Waals surface area contributed by atoms with Crippen molar-refractivity contribution in [3.8, 4) is 11.3 Å². The minimum atomic E-state index is -1.37. The number of aromatic nitrogens is 2. The van der Waals surface area contributed by atoms with Crippen LogP contribution in [-0.2, 0) is 16.0 Å². The minimum absolute atomic E-state index is 0.0875. The maximum absolute atomic E-state index is 13.9. The average molecular weight is 505 g/mol. The molecule has 1 aliphatic rings. The highest BCUT2D eigenvalue weighted by Gasteiger charge is 2.32. The van der Waals surface area contributed by atoms with Gasteiger partial charge < -0.3 is 15.0 Å². The second-order valence-corrected chi connectivity index (χ2v) is 9.59. The lowest BCUT2D eigenvalue weighted by atomic mass is 9.96. The largest absolute Gasteiger partial charge is 0.378 e. The number of Topliss-reactive ketones (excluding diaryl/α,β-unsaturated/α-hetero) is 1. The van der Waals surface area contributed by atoms with E-state index in [-0.39, 0.29) is 18.0 Å². The monoisotopic (exact) mass is 504 g/mol. The number of benzene rings is 1. The summed E-state index contributed by atoms with van der Waals surface area (Å²) in [7, 11) is 0. The maximum atomic E-state index is 13.9. The Morgan fingerprint density at radius 1 is 1.11 bits per heavy atom. The summed E-state index contributed by atoms with van der Waals surface area (Å²) in [5, 5.41) is 3.84. The van der Waals surface area contributed by atoms with Crippen molar-refractivity contribution in [1.82, 2.24) is 15.3 Å². The molecule has 0 atom stereocenters. The van der Waals surface area contributed by atoms with Crippen molar-refractivity contribution in [2.75, 3.05) is 31.2 Å². The van der Waals surface area contributed by atoms with Crippen LogP contribution in [0, 0.1) is 17.5 Å². The van der Waals surface area contributed by atoms with Crippen molar-refractivity contribution < 1.29 is 27.5 Å². The number of thiazole rings is 1. The molecule has 3 heterocycles. The van der Waals surface area contributed by atoms with Gasteiger partial charge in [-0.3, -0.25) is 9.59 Å². The van der Waals surface area contributed by atoms with Crippen LogP contribution < -0.4 is 10.2 Å². The number of amides is 1. The number of pyridine rings is 1. The molecule has 0 bridgehead atoms. The first kappa shape index (κ1) is 24.8. The van der Waals surface area contributed by atoms with Crippen LogP contribution in [0.3, 0.4) is 0 Å². The lowest BCUT2D eigenvalue weighted by molar-refractivity contribution is -0.123. The Labute approximate surface area is 204 Å². The predicted octanol–water partition coefficient (Wildman–Crippen LogP) is 3.78. The number of rotatable bonds is 7. The quantitative estimate of drug-likeness (QED) is 0.527. The number of halogens is 3. The molecule has 11 heteroatoms. The number of morpholine rings is 1. The van der Waals surface area contributed by atoms with Gasteiger partial charge in [-0.2, -0.15) is 0 Å². The van der Waals surface area contributed by atoms with E-state index in [1.54, 1.807) is 12.1 Å². The van der Waals surface area contributed by atoms with Crippen LogP contribution in [0.1, 0.15) is 29.3 Å². The third-order valence-corrected chi connectivity index (χ3v) is 6.64. The van der Waals surface area contributed by atoms with Crippen molar-refractivity contribution >= 4 is 28.0 Å². The van der Waals surface area contributed by atoms with Crippen molar-refractivity contribution in [1.29, 1.82) is 0 Å². The van der Waals surface area contributed by atoms with Crippen LogP contribution in [0.25, 0.3) is 11.3 Å². The van der Waals surface area contributed by atoms with E-state index in [0.717, 1.165) is 11.2 Å². The molecule has 4 rings (SSSR count). The highest BCUT2D eigenvalue weighted by Crippen LogP contribution is 2.37. The molecule has 1 amide bonds. The first-order valence-electron chi connectivity index (χ1n) is 10.9. The van der Waals surface area contributed by atoms with Gasteiger partial charge in [-0.1, -0.05) is 0 Å². The molecule has 0 spiro atoms. The Bertz CT molecular complexity index is 1240. The number of carbonyl (C=O) groups excluding carboxylic acids is 2. The average Bonchev–Trinajstić information content (AvgIpc) is 3.23. The number of carbonyl (C=O) groups is 2. The van der Waals surface area contributed by atoms with Crippen molar-refractivity contribution in [3.63, 3.8) is 0 Å². The Morgan fingerprint density at radius 3 is 2.46 bits per heavy atom. The molecule has 0 aliphatic carbocycles. The smallest absolute Gasteiger partial charge is 0.273 e. The molecule has 1 aliphatic heterocycles. The van der Waals surface area contributed by atoms with E-state index in [4.69, 9.17) is 4.74 Å². The van der Waals surface area contributed by atoms with E-state index in [9.17, 15) is 22.8 Å². The van der Waals surface area contributed by atoms with Crippen LogP contribution in [0.15, 0.2) is 36.5 Å². The summed E-state index contributed by atoms with van der Waals surface area (Å²) in [5.41, 5.74) is -0.623. The van der Waals surface area contributed by atoms with Crippen LogP contribution >= 0.6 is 11.3 Å². The second kappa shape index (κ2) is 10.1. The van der Waals surface area contributed by atoms with Gasteiger partial charge in [0.1, 0.15) is 27.3 Å². The molecule has 184 valence electrons. The molecular weight excluding hydrogens is 481 g/mol. The Kier molecular flexibility index (Phi) is 7.18. The van der Waals surface area contributed by atoms with Gasteiger partial charge >= 0.3 is 0 Å². The van der Waals surface area contributed by atoms with Gasteiger partial charge in [0.05, 0.1) is 31.4 Å². The van der Waals surface area contributed by atoms with E-state index in [2.05, 4.69) is 20.2 Å². The summed E-state index contributed by atoms with van der Waals surface area (Å²) in [5.74, 6) is -3.69. The zero-order valence-corrected chi connectivity index (χ0v) is 19.9. The third kappa shape index (κ3) is 5.68. The topological polar surface area (TPSA) is 84.4 Å². The lowest BCUT2D eigenvalue weighted by Gasteiger charge is -2.28. The summed E-state index contributed by atoms with van der Waals surface area (Å²) in [6.45, 7) is 5.41. The molecule has 1 saturated heterocycles. The molecule has 1 fully saturated rings. The molecule has 2 aromatic heterocycles. The van der Waals surface area contributed by atoms with Gasteiger partial charge in [0, 0.05) is 24.7 Å². The van der Waals surface area contributed by atoms with Gasteiger partial charge in [-0.05, 0) is 38.1 Å². The molecule has 1 N–H and O–H groups in total. The van der Waals surface area contributed by atoms with Gasteiger partial charge in [-0.25, -0.2) is 23.1 Å². The minimum Gasteiger partial charge on any atom is -0.378 e. The fourth-order valence-corrected chi connectivity index (χ4v) is 4.70. The highest BCUT2D eigenvalue weighted by molar-refractivity contribution is 7.16. The Morgan fingerprint density at radius 2 is 1.80 bits per heavy atom. The Balaban J connectivity index is 1.55. The molecule has 0 saturated carbocycles. The summed E-state index contributed by atoms with van der Waals surface area (Å²) < 4.78 is 45.9. The summed E-state index contributed by atoms with van der Waals surface area (Å²) >= 11 is 1.35. The third-order valence-electron chi connectivity index (χ3n) is 5.53. The normalized spacial score (nSPS) is 14.1. The number of nitrogens with one attached hydrogen (secondary N) is 1. The van der Waals surface area contributed by atoms with E-state index >= 15 is 0 Å². The van der Waals surface area contributed by atoms with E-state index in [1.165, 1.54) is 37.3 Å². The predicted molar refractivity (Wildman–Crippen MR) is 125 cm³/mol. The zero-order valence-electron chi connectivity index (χ0n) is 19.1. The second-order valence-electron chi connectivity index (χ2n) is 8.53. The van der Waals surface area contributed by atoms with E-state index < -0.39 is 28.8 Å². The van der Waals surface area contributed by atoms with Gasteiger partial charge in [0.25, 0.3) is 5.91 Å². The number of hydrogen-bond acceptors (Lipinski definition) is 7. The number of anilines is 1. The summed E-state index contributed by atoms with van der Waals surface area (Å²) in [6.07, 6.45) is 0.641. The Hall–Kier alpha value is -3.31. The first-order valence-corrected chi connectivity index (χ1v) is 11.7. The molecule has 0 radical (unpaired) electrons. The van der Waals surface area contributed by atoms with Crippen LogP contribution in [0.2, 0.25) is 0 Å². The molecule has 0 unspecified atom stereocenters. The molecular formula is C24H23F3N4O3S. The highest BCUT2D eigenvalue weighted by atomic mass is 32.1. The van der Waals surface area contributed by atoms with Gasteiger partial charge in [0.2, 0.25) is 0 Å². The van der Waals surface area contributed by atoms with Crippen LogP contribution in [-0.4, -0.2) is 53.5 Å². The standard InChI is InChI=1S/C24H23F3N4O3S/c1-24(2,30-22(33)21-17(27)11-16(26)13-28-21)18(32)12-19-29-20(14-3-5-15(25)6-4-14)23(35-19)31-7-9-34-10-8-31/h3-6,11,13H,7-10,12H2,1-2H3,(H,30,33). The summed E-state index contributed by atoms with van der Waals surface area (Å²) in [4.78, 5) is 35.9. The van der Waals surface area contributed by atoms with Gasteiger partial charge in [0.15, 0.2) is 17.3 Å². The zero-order chi connectivity index (χ0) is 25.2. The van der Waals surface area contributed by atoms with E-state index in [1.807, 2.05) is 0 Å². The fourth-order valence-electron chi connectivity index (χ4n) is 3.56.